The summed E-state index contributed by atoms with van der Waals surface area (Å²) in [5, 5.41) is 0. The molecule has 2 aromatic rings. The highest BCUT2D eigenvalue weighted by Crippen LogP contribution is 2.30. The predicted molar refractivity (Wildman–Crippen MR) is 82.3 cm³/mol. The second-order valence-electron chi connectivity index (χ2n) is 4.86. The first-order valence-electron chi connectivity index (χ1n) is 6.83. The lowest BCUT2D eigenvalue weighted by Gasteiger charge is -2.17. The van der Waals surface area contributed by atoms with Crippen molar-refractivity contribution >= 4 is 5.69 Å². The molecule has 0 bridgehead atoms. The Labute approximate surface area is 120 Å². The van der Waals surface area contributed by atoms with Crippen molar-refractivity contribution in [1.82, 2.24) is 0 Å². The first kappa shape index (κ1) is 14.3. The number of nitrogens with two attached hydrogens (primary N) is 1. The molecule has 2 rings (SSSR count). The van der Waals surface area contributed by atoms with E-state index in [1.54, 1.807) is 19.2 Å². The van der Waals surface area contributed by atoms with E-state index < -0.39 is 0 Å². The second kappa shape index (κ2) is 6.85. The summed E-state index contributed by atoms with van der Waals surface area (Å²) in [5.41, 5.74) is 7.79. The third-order valence-electron chi connectivity index (χ3n) is 3.20. The third kappa shape index (κ3) is 3.92. The summed E-state index contributed by atoms with van der Waals surface area (Å²) in [6.07, 6.45) is 2.04. The predicted octanol–water partition coefficient (Wildman–Crippen LogP) is 3.68. The maximum atomic E-state index is 5.93. The number of methoxy groups -OCH3 is 1. The smallest absolute Gasteiger partial charge is 0.163 e. The minimum atomic E-state index is 0.103. The highest BCUT2D eigenvalue weighted by atomic mass is 16.5. The number of hydrogen-bond acceptors (Lipinski definition) is 3. The number of benzene rings is 2. The molecule has 2 aromatic carbocycles. The molecule has 0 aliphatic rings. The van der Waals surface area contributed by atoms with Crippen LogP contribution in [0, 0.1) is 0 Å². The zero-order valence-electron chi connectivity index (χ0n) is 12.0. The molecule has 0 aromatic heterocycles. The molecule has 2 N–H and O–H groups in total. The molecule has 0 aliphatic carbocycles. The largest absolute Gasteiger partial charge is 0.493 e. The molecule has 3 heteroatoms. The van der Waals surface area contributed by atoms with Gasteiger partial charge in [0.1, 0.15) is 0 Å². The summed E-state index contributed by atoms with van der Waals surface area (Å²) in [5.74, 6) is 1.42. The summed E-state index contributed by atoms with van der Waals surface area (Å²) in [6, 6.07) is 15.8. The molecule has 0 amide bonds. The zero-order valence-corrected chi connectivity index (χ0v) is 12.0. The van der Waals surface area contributed by atoms with E-state index in [-0.39, 0.29) is 6.10 Å². The summed E-state index contributed by atoms with van der Waals surface area (Å²) in [7, 11) is 1.63. The highest BCUT2D eigenvalue weighted by Gasteiger charge is 2.09. The minimum absolute atomic E-state index is 0.103. The summed E-state index contributed by atoms with van der Waals surface area (Å²) < 4.78 is 11.2. The monoisotopic (exact) mass is 271 g/mol. The molecule has 106 valence electrons. The fourth-order valence-corrected chi connectivity index (χ4v) is 2.08. The molecular weight excluding hydrogens is 250 g/mol. The van der Waals surface area contributed by atoms with Crippen LogP contribution >= 0.6 is 0 Å². The third-order valence-corrected chi connectivity index (χ3v) is 3.20. The Balaban J connectivity index is 1.94. The van der Waals surface area contributed by atoms with Crippen LogP contribution in [0.3, 0.4) is 0 Å². The maximum Gasteiger partial charge on any atom is 0.163 e. The van der Waals surface area contributed by atoms with Crippen molar-refractivity contribution in [3.05, 3.63) is 54.1 Å². The van der Waals surface area contributed by atoms with Crippen molar-refractivity contribution in [1.29, 1.82) is 0 Å². The quantitative estimate of drug-likeness (QED) is 0.815. The van der Waals surface area contributed by atoms with Crippen LogP contribution in [0.15, 0.2) is 48.5 Å². The summed E-state index contributed by atoms with van der Waals surface area (Å²) in [6.45, 7) is 2.06. The van der Waals surface area contributed by atoms with Crippen LogP contribution in [0.25, 0.3) is 0 Å². The van der Waals surface area contributed by atoms with E-state index in [0.29, 0.717) is 17.2 Å². The van der Waals surface area contributed by atoms with Crippen molar-refractivity contribution in [3.63, 3.8) is 0 Å². The molecule has 0 aliphatic heterocycles. The van der Waals surface area contributed by atoms with Crippen LogP contribution in [0.5, 0.6) is 11.5 Å². The average molecular weight is 271 g/mol. The van der Waals surface area contributed by atoms with Gasteiger partial charge in [-0.15, -0.1) is 0 Å². The Bertz CT molecular complexity index is 540. The Morgan fingerprint density at radius 1 is 1.05 bits per heavy atom. The van der Waals surface area contributed by atoms with Gasteiger partial charge < -0.3 is 15.2 Å². The number of ether oxygens (including phenoxy) is 2. The Kier molecular flexibility index (Phi) is 4.88. The van der Waals surface area contributed by atoms with Gasteiger partial charge in [0.2, 0.25) is 0 Å². The van der Waals surface area contributed by atoms with Crippen LogP contribution in [-0.2, 0) is 6.42 Å². The molecule has 0 fully saturated rings. The van der Waals surface area contributed by atoms with Gasteiger partial charge in [-0.25, -0.2) is 0 Å². The van der Waals surface area contributed by atoms with E-state index >= 15 is 0 Å². The van der Waals surface area contributed by atoms with Crippen LogP contribution < -0.4 is 15.2 Å². The van der Waals surface area contributed by atoms with Crippen LogP contribution in [-0.4, -0.2) is 13.2 Å². The second-order valence-corrected chi connectivity index (χ2v) is 4.86. The Hall–Kier alpha value is -2.16. The van der Waals surface area contributed by atoms with Gasteiger partial charge in [0.15, 0.2) is 11.5 Å². The molecule has 20 heavy (non-hydrogen) atoms. The van der Waals surface area contributed by atoms with E-state index in [2.05, 4.69) is 31.2 Å². The number of anilines is 1. The summed E-state index contributed by atoms with van der Waals surface area (Å²) in [4.78, 5) is 0. The average Bonchev–Trinajstić information content (AvgIpc) is 2.46. The lowest BCUT2D eigenvalue weighted by atomic mass is 10.1. The molecule has 0 heterocycles. The van der Waals surface area contributed by atoms with Gasteiger partial charge in [0.05, 0.1) is 13.2 Å². The van der Waals surface area contributed by atoms with Crippen molar-refractivity contribution in [2.45, 2.75) is 25.9 Å². The molecule has 3 nitrogen and oxygen atoms in total. The van der Waals surface area contributed by atoms with E-state index in [1.165, 1.54) is 5.56 Å². The lowest BCUT2D eigenvalue weighted by Crippen LogP contribution is -2.13. The first-order chi connectivity index (χ1) is 9.69. The van der Waals surface area contributed by atoms with Crippen molar-refractivity contribution in [2.24, 2.45) is 0 Å². The SMILES string of the molecule is COc1ccc(N)cc1OC(C)CCc1ccccc1. The van der Waals surface area contributed by atoms with E-state index in [0.717, 1.165) is 12.8 Å². The van der Waals surface area contributed by atoms with E-state index in [9.17, 15) is 0 Å². The topological polar surface area (TPSA) is 44.5 Å². The fourth-order valence-electron chi connectivity index (χ4n) is 2.08. The Morgan fingerprint density at radius 2 is 1.80 bits per heavy atom. The minimum Gasteiger partial charge on any atom is -0.493 e. The fraction of sp³-hybridized carbons (Fsp3) is 0.294. The van der Waals surface area contributed by atoms with E-state index in [1.807, 2.05) is 12.1 Å². The number of rotatable bonds is 6. The standard InChI is InChI=1S/C17H21NO2/c1-13(8-9-14-6-4-3-5-7-14)20-17-12-15(18)10-11-16(17)19-2/h3-7,10-13H,8-9,18H2,1-2H3. The molecule has 0 spiro atoms. The van der Waals surface area contributed by atoms with Crippen LogP contribution in [0.2, 0.25) is 0 Å². The molecule has 0 radical (unpaired) electrons. The van der Waals surface area contributed by atoms with Gasteiger partial charge in [-0.1, -0.05) is 30.3 Å². The van der Waals surface area contributed by atoms with Crippen LogP contribution in [0.4, 0.5) is 5.69 Å². The number of hydrogen-bond donors (Lipinski definition) is 1. The zero-order chi connectivity index (χ0) is 14.4. The van der Waals surface area contributed by atoms with Crippen LogP contribution in [0.1, 0.15) is 18.9 Å². The normalized spacial score (nSPS) is 11.9. The van der Waals surface area contributed by atoms with Gasteiger partial charge in [-0.05, 0) is 37.5 Å². The Morgan fingerprint density at radius 3 is 2.50 bits per heavy atom. The highest BCUT2D eigenvalue weighted by molar-refractivity contribution is 5.52. The molecule has 0 saturated carbocycles. The van der Waals surface area contributed by atoms with Gasteiger partial charge in [0, 0.05) is 11.8 Å². The van der Waals surface area contributed by atoms with Crippen molar-refractivity contribution in [3.8, 4) is 11.5 Å². The molecular formula is C17H21NO2. The van der Waals surface area contributed by atoms with Gasteiger partial charge in [-0.2, -0.15) is 0 Å². The maximum absolute atomic E-state index is 5.93. The first-order valence-corrected chi connectivity index (χ1v) is 6.83. The number of nitrogen functional groups attached to an aromatic ring is 1. The van der Waals surface area contributed by atoms with Crippen molar-refractivity contribution < 1.29 is 9.47 Å². The molecule has 1 unspecified atom stereocenters. The van der Waals surface area contributed by atoms with Gasteiger partial charge >= 0.3 is 0 Å². The summed E-state index contributed by atoms with van der Waals surface area (Å²) >= 11 is 0. The van der Waals surface area contributed by atoms with E-state index in [4.69, 9.17) is 15.2 Å². The number of aryl methyl sites for hydroxylation is 1. The van der Waals surface area contributed by atoms with Crippen molar-refractivity contribution in [2.75, 3.05) is 12.8 Å². The van der Waals surface area contributed by atoms with Gasteiger partial charge in [-0.3, -0.25) is 0 Å². The molecule has 0 saturated heterocycles. The lowest BCUT2D eigenvalue weighted by molar-refractivity contribution is 0.202. The van der Waals surface area contributed by atoms with Gasteiger partial charge in [0.25, 0.3) is 0 Å². The molecule has 1 atom stereocenters.